The highest BCUT2D eigenvalue weighted by Gasteiger charge is 2.30. The summed E-state index contributed by atoms with van der Waals surface area (Å²) in [6.07, 6.45) is 1.91. The van der Waals surface area contributed by atoms with Crippen molar-refractivity contribution in [3.05, 3.63) is 65.2 Å². The van der Waals surface area contributed by atoms with Crippen LogP contribution in [0.2, 0.25) is 0 Å². The first-order chi connectivity index (χ1) is 10.7. The summed E-state index contributed by atoms with van der Waals surface area (Å²) in [5.74, 6) is 0.123. The zero-order valence-corrected chi connectivity index (χ0v) is 12.0. The van der Waals surface area contributed by atoms with Crippen LogP contribution in [0, 0.1) is 0 Å². The summed E-state index contributed by atoms with van der Waals surface area (Å²) in [5, 5.41) is 13.0. The van der Waals surface area contributed by atoms with E-state index in [0.29, 0.717) is 12.2 Å². The second-order valence-electron chi connectivity index (χ2n) is 5.64. The van der Waals surface area contributed by atoms with E-state index >= 15 is 0 Å². The zero-order chi connectivity index (χ0) is 15.1. The molecule has 4 heteroatoms. The minimum absolute atomic E-state index is 0.123. The number of benzene rings is 2. The number of hydrogen-bond donors (Lipinski definition) is 2. The molecule has 22 heavy (non-hydrogen) atoms. The molecule has 0 aromatic heterocycles. The number of para-hydroxylation sites is 2. The topological polar surface area (TPSA) is 52.6 Å². The maximum Gasteiger partial charge on any atom is 0.326 e. The first-order valence-corrected chi connectivity index (χ1v) is 7.41. The highest BCUT2D eigenvalue weighted by Crippen LogP contribution is 2.35. The van der Waals surface area contributed by atoms with Gasteiger partial charge in [-0.05, 0) is 36.1 Å². The molecular formula is C18H16N2O2. The molecule has 0 saturated heterocycles. The van der Waals surface area contributed by atoms with Gasteiger partial charge in [-0.25, -0.2) is 4.79 Å². The van der Waals surface area contributed by atoms with Crippen LogP contribution < -0.4 is 10.2 Å². The van der Waals surface area contributed by atoms with Crippen LogP contribution in [0.15, 0.2) is 54.1 Å². The van der Waals surface area contributed by atoms with Crippen LogP contribution in [-0.4, -0.2) is 17.7 Å². The van der Waals surface area contributed by atoms with E-state index in [4.69, 9.17) is 0 Å². The van der Waals surface area contributed by atoms with Gasteiger partial charge in [-0.15, -0.1) is 0 Å². The summed E-state index contributed by atoms with van der Waals surface area (Å²) in [4.78, 5) is 14.1. The Hall–Kier alpha value is -2.75. The number of aromatic hydroxyl groups is 1. The monoisotopic (exact) mass is 292 g/mol. The van der Waals surface area contributed by atoms with E-state index in [0.717, 1.165) is 24.1 Å². The van der Waals surface area contributed by atoms with Gasteiger partial charge in [-0.3, -0.25) is 4.90 Å². The van der Waals surface area contributed by atoms with Crippen molar-refractivity contribution < 1.29 is 9.90 Å². The van der Waals surface area contributed by atoms with Gasteiger partial charge in [0, 0.05) is 5.56 Å². The molecule has 0 atom stereocenters. The zero-order valence-electron chi connectivity index (χ0n) is 12.0. The average Bonchev–Trinajstić information content (AvgIpc) is 2.55. The largest absolute Gasteiger partial charge is 0.506 e. The third-order valence-electron chi connectivity index (χ3n) is 4.33. The van der Waals surface area contributed by atoms with E-state index in [9.17, 15) is 9.90 Å². The lowest BCUT2D eigenvalue weighted by molar-refractivity contribution is 0.249. The minimum Gasteiger partial charge on any atom is -0.506 e. The van der Waals surface area contributed by atoms with Gasteiger partial charge >= 0.3 is 6.03 Å². The fourth-order valence-electron chi connectivity index (χ4n) is 3.22. The maximum atomic E-state index is 12.5. The molecule has 2 aromatic carbocycles. The van der Waals surface area contributed by atoms with Crippen molar-refractivity contribution >= 4 is 17.4 Å². The molecule has 4 rings (SSSR count). The van der Waals surface area contributed by atoms with Gasteiger partial charge in [0.25, 0.3) is 0 Å². The number of fused-ring (bicyclic) bond motifs is 2. The van der Waals surface area contributed by atoms with Crippen LogP contribution in [0.4, 0.5) is 10.5 Å². The second-order valence-corrected chi connectivity index (χ2v) is 5.64. The molecule has 0 bridgehead atoms. The third kappa shape index (κ3) is 1.96. The smallest absolute Gasteiger partial charge is 0.326 e. The number of anilines is 1. The number of nitrogens with zero attached hydrogens (tertiary/aromatic N) is 1. The number of phenols is 1. The summed E-state index contributed by atoms with van der Waals surface area (Å²) in [6.45, 7) is 0.521. The fraction of sp³-hybridized carbons (Fsp3) is 0.167. The Bertz CT molecular complexity index is 795. The lowest BCUT2D eigenvalue weighted by Crippen LogP contribution is -2.46. The van der Waals surface area contributed by atoms with Crippen LogP contribution >= 0.6 is 0 Å². The van der Waals surface area contributed by atoms with Crippen LogP contribution in [0.5, 0.6) is 5.75 Å². The Labute approximate surface area is 128 Å². The van der Waals surface area contributed by atoms with Crippen LogP contribution in [0.3, 0.4) is 0 Å². The first-order valence-electron chi connectivity index (χ1n) is 7.41. The van der Waals surface area contributed by atoms with Crippen molar-refractivity contribution in [2.24, 2.45) is 0 Å². The first kappa shape index (κ1) is 13.0. The molecule has 2 aliphatic rings. The fourth-order valence-corrected chi connectivity index (χ4v) is 3.22. The molecule has 0 spiro atoms. The van der Waals surface area contributed by atoms with Gasteiger partial charge in [0.15, 0.2) is 0 Å². The Balaban J connectivity index is 1.75. The van der Waals surface area contributed by atoms with Crippen molar-refractivity contribution in [1.29, 1.82) is 0 Å². The molecule has 4 nitrogen and oxygen atoms in total. The standard InChI is InChI=1S/C18H16N2O2/c21-16-8-4-3-7-15(16)20-11-13-10-9-12-5-1-2-6-14(12)17(13)19-18(20)22/h1-8,21H,9-11H2,(H,19,22). The van der Waals surface area contributed by atoms with E-state index in [-0.39, 0.29) is 11.8 Å². The minimum atomic E-state index is -0.197. The molecule has 2 aromatic rings. The number of nitrogens with one attached hydrogen (secondary N) is 1. The van der Waals surface area contributed by atoms with E-state index < -0.39 is 0 Å². The molecular weight excluding hydrogens is 276 g/mol. The van der Waals surface area contributed by atoms with Crippen LogP contribution in [0.25, 0.3) is 5.70 Å². The number of amides is 2. The van der Waals surface area contributed by atoms with E-state index in [1.807, 2.05) is 18.2 Å². The summed E-state index contributed by atoms with van der Waals surface area (Å²) < 4.78 is 0. The Morgan fingerprint density at radius 3 is 2.64 bits per heavy atom. The molecule has 1 heterocycles. The summed E-state index contributed by atoms with van der Waals surface area (Å²) in [5.41, 5.74) is 5.09. The van der Waals surface area contributed by atoms with Gasteiger partial charge in [0.1, 0.15) is 5.75 Å². The van der Waals surface area contributed by atoms with Crippen molar-refractivity contribution in [3.63, 3.8) is 0 Å². The summed E-state index contributed by atoms with van der Waals surface area (Å²) in [6, 6.07) is 14.9. The Morgan fingerprint density at radius 2 is 1.77 bits per heavy atom. The Kier molecular flexibility index (Phi) is 2.89. The number of carbonyl (C=O) groups is 1. The van der Waals surface area contributed by atoms with Crippen molar-refractivity contribution in [2.75, 3.05) is 11.4 Å². The average molecular weight is 292 g/mol. The van der Waals surface area contributed by atoms with Gasteiger partial charge in [-0.1, -0.05) is 36.4 Å². The third-order valence-corrected chi connectivity index (χ3v) is 4.33. The maximum absolute atomic E-state index is 12.5. The predicted molar refractivity (Wildman–Crippen MR) is 85.7 cm³/mol. The quantitative estimate of drug-likeness (QED) is 0.847. The lowest BCUT2D eigenvalue weighted by atomic mass is 9.88. The number of phenolic OH excluding ortho intramolecular Hbond substituents is 1. The number of rotatable bonds is 1. The van der Waals surface area contributed by atoms with Gasteiger partial charge in [0.05, 0.1) is 17.9 Å². The number of hydrogen-bond acceptors (Lipinski definition) is 2. The number of urea groups is 1. The molecule has 0 radical (unpaired) electrons. The predicted octanol–water partition coefficient (Wildman–Crippen LogP) is 3.28. The lowest BCUT2D eigenvalue weighted by Gasteiger charge is -2.34. The molecule has 2 N–H and O–H groups in total. The van der Waals surface area contributed by atoms with E-state index in [1.165, 1.54) is 11.1 Å². The molecule has 1 aliphatic carbocycles. The highest BCUT2D eigenvalue weighted by atomic mass is 16.3. The van der Waals surface area contributed by atoms with E-state index in [2.05, 4.69) is 17.4 Å². The van der Waals surface area contributed by atoms with Crippen molar-refractivity contribution in [2.45, 2.75) is 12.8 Å². The molecule has 0 saturated carbocycles. The number of carbonyl (C=O) groups excluding carboxylic acids is 1. The summed E-state index contributed by atoms with van der Waals surface area (Å²) >= 11 is 0. The number of aryl methyl sites for hydroxylation is 1. The van der Waals surface area contributed by atoms with Crippen LogP contribution in [0.1, 0.15) is 17.5 Å². The molecule has 110 valence electrons. The van der Waals surface area contributed by atoms with Crippen molar-refractivity contribution in [3.8, 4) is 5.75 Å². The van der Waals surface area contributed by atoms with Crippen molar-refractivity contribution in [1.82, 2.24) is 5.32 Å². The normalized spacial score (nSPS) is 16.9. The SMILES string of the molecule is O=C1NC2=C(CCc3ccccc32)CN1c1ccccc1O. The van der Waals surface area contributed by atoms with Gasteiger partial charge < -0.3 is 10.4 Å². The van der Waals surface area contributed by atoms with Gasteiger partial charge in [0.2, 0.25) is 0 Å². The highest BCUT2D eigenvalue weighted by molar-refractivity contribution is 6.02. The molecule has 2 amide bonds. The van der Waals surface area contributed by atoms with Crippen LogP contribution in [-0.2, 0) is 6.42 Å². The second kappa shape index (κ2) is 4.91. The van der Waals surface area contributed by atoms with E-state index in [1.54, 1.807) is 23.1 Å². The van der Waals surface area contributed by atoms with Gasteiger partial charge in [-0.2, -0.15) is 0 Å². The molecule has 1 aliphatic heterocycles. The Morgan fingerprint density at radius 1 is 1.00 bits per heavy atom. The summed E-state index contributed by atoms with van der Waals surface area (Å²) in [7, 11) is 0. The molecule has 0 fully saturated rings. The molecule has 0 unspecified atom stereocenters.